The summed E-state index contributed by atoms with van der Waals surface area (Å²) in [4.78, 5) is 34.4. The summed E-state index contributed by atoms with van der Waals surface area (Å²) in [5.74, 6) is 1.05. The second kappa shape index (κ2) is 7.56. The number of para-hydroxylation sites is 1. The topological polar surface area (TPSA) is 79.0 Å². The average molecular weight is 386 g/mol. The van der Waals surface area contributed by atoms with Crippen molar-refractivity contribution in [2.24, 2.45) is 14.1 Å². The number of rotatable bonds is 5. The van der Waals surface area contributed by atoms with Crippen molar-refractivity contribution in [3.63, 3.8) is 0 Å². The molecule has 0 N–H and O–H groups in total. The molecule has 142 valence electrons. The third kappa shape index (κ3) is 3.37. The molecule has 0 aliphatic rings. The number of aryl methyl sites for hydroxylation is 1. The van der Waals surface area contributed by atoms with Crippen molar-refractivity contribution in [3.8, 4) is 17.1 Å². The number of thioether (sulfide) groups is 1. The Labute approximate surface area is 161 Å². The summed E-state index contributed by atoms with van der Waals surface area (Å²) >= 11 is 1.51. The van der Waals surface area contributed by atoms with Crippen molar-refractivity contribution >= 4 is 22.8 Å². The Hall–Kier alpha value is -2.61. The Morgan fingerprint density at radius 3 is 2.52 bits per heavy atom. The van der Waals surface area contributed by atoms with Gasteiger partial charge in [-0.25, -0.2) is 14.8 Å². The van der Waals surface area contributed by atoms with Gasteiger partial charge in [0.15, 0.2) is 11.5 Å². The predicted molar refractivity (Wildman–Crippen MR) is 108 cm³/mol. The maximum Gasteiger partial charge on any atom is 0.332 e. The van der Waals surface area contributed by atoms with Gasteiger partial charge in [-0.05, 0) is 18.6 Å². The van der Waals surface area contributed by atoms with Gasteiger partial charge in [0.05, 0.1) is 12.7 Å². The summed E-state index contributed by atoms with van der Waals surface area (Å²) in [6.07, 6.45) is 0.923. The van der Waals surface area contributed by atoms with E-state index in [4.69, 9.17) is 4.74 Å². The van der Waals surface area contributed by atoms with Crippen LogP contribution in [0.2, 0.25) is 0 Å². The minimum atomic E-state index is -0.420. The highest BCUT2D eigenvalue weighted by Gasteiger charge is 2.20. The van der Waals surface area contributed by atoms with Gasteiger partial charge in [-0.15, -0.1) is 11.8 Å². The fourth-order valence-corrected chi connectivity index (χ4v) is 3.72. The maximum atomic E-state index is 12.8. The molecule has 3 rings (SSSR count). The standard InChI is InChI=1S/C19H22N4O3S/c1-6-11(2)27-17-14-16(22(3)19(25)23(4)18(14)24)20-15(21-17)12-9-7-8-10-13(12)26-5/h7-11H,6H2,1-5H3/t11-/m0/s1. The zero-order chi connectivity index (χ0) is 19.7. The van der Waals surface area contributed by atoms with Gasteiger partial charge in [-0.1, -0.05) is 26.0 Å². The zero-order valence-electron chi connectivity index (χ0n) is 16.0. The van der Waals surface area contributed by atoms with Crippen molar-refractivity contribution in [1.29, 1.82) is 0 Å². The fraction of sp³-hybridized carbons (Fsp3) is 0.368. The number of ether oxygens (including phenoxy) is 1. The fourth-order valence-electron chi connectivity index (χ4n) is 2.74. The van der Waals surface area contributed by atoms with Gasteiger partial charge >= 0.3 is 5.69 Å². The smallest absolute Gasteiger partial charge is 0.332 e. The first-order chi connectivity index (χ1) is 12.9. The van der Waals surface area contributed by atoms with E-state index in [9.17, 15) is 9.59 Å². The molecule has 1 aromatic carbocycles. The highest BCUT2D eigenvalue weighted by Crippen LogP contribution is 2.32. The highest BCUT2D eigenvalue weighted by molar-refractivity contribution is 8.00. The molecular weight excluding hydrogens is 364 g/mol. The van der Waals surface area contributed by atoms with Gasteiger partial charge in [0, 0.05) is 19.3 Å². The molecule has 0 spiro atoms. The summed E-state index contributed by atoms with van der Waals surface area (Å²) in [5, 5.41) is 1.20. The molecule has 0 radical (unpaired) electrons. The van der Waals surface area contributed by atoms with Gasteiger partial charge in [0.1, 0.15) is 16.2 Å². The van der Waals surface area contributed by atoms with Crippen molar-refractivity contribution in [2.45, 2.75) is 30.5 Å². The van der Waals surface area contributed by atoms with Crippen LogP contribution in [0.15, 0.2) is 38.9 Å². The molecule has 8 heteroatoms. The number of benzene rings is 1. The van der Waals surface area contributed by atoms with Crippen LogP contribution in [-0.4, -0.2) is 31.5 Å². The van der Waals surface area contributed by atoms with Crippen LogP contribution in [0.5, 0.6) is 5.75 Å². The third-order valence-corrected chi connectivity index (χ3v) is 5.76. The molecule has 0 bridgehead atoms. The summed E-state index contributed by atoms with van der Waals surface area (Å²) in [6, 6.07) is 7.42. The van der Waals surface area contributed by atoms with Crippen LogP contribution >= 0.6 is 11.8 Å². The van der Waals surface area contributed by atoms with Crippen LogP contribution in [0, 0.1) is 0 Å². The molecule has 1 atom stereocenters. The molecule has 0 saturated carbocycles. The number of methoxy groups -OCH3 is 1. The molecule has 0 saturated heterocycles. The van der Waals surface area contributed by atoms with Crippen LogP contribution in [0.25, 0.3) is 22.4 Å². The number of nitrogens with zero attached hydrogens (tertiary/aromatic N) is 4. The lowest BCUT2D eigenvalue weighted by molar-refractivity contribution is 0.416. The van der Waals surface area contributed by atoms with Gasteiger partial charge in [-0.2, -0.15) is 0 Å². The van der Waals surface area contributed by atoms with Gasteiger partial charge < -0.3 is 4.74 Å². The van der Waals surface area contributed by atoms with E-state index in [1.165, 1.54) is 23.4 Å². The predicted octanol–water partition coefficient (Wildman–Crippen LogP) is 2.59. The first-order valence-electron chi connectivity index (χ1n) is 8.66. The van der Waals surface area contributed by atoms with E-state index in [1.807, 2.05) is 24.3 Å². The van der Waals surface area contributed by atoms with E-state index < -0.39 is 5.69 Å². The van der Waals surface area contributed by atoms with Crippen LogP contribution in [-0.2, 0) is 14.1 Å². The van der Waals surface area contributed by atoms with Gasteiger partial charge in [0.2, 0.25) is 0 Å². The molecule has 0 aliphatic heterocycles. The second-order valence-electron chi connectivity index (χ2n) is 6.29. The largest absolute Gasteiger partial charge is 0.496 e. The van der Waals surface area contributed by atoms with E-state index in [0.29, 0.717) is 33.2 Å². The minimum absolute atomic E-state index is 0.260. The van der Waals surface area contributed by atoms with Crippen LogP contribution in [0.1, 0.15) is 20.3 Å². The summed E-state index contributed by atoms with van der Waals surface area (Å²) in [7, 11) is 4.66. The Morgan fingerprint density at radius 2 is 1.85 bits per heavy atom. The van der Waals surface area contributed by atoms with Crippen molar-refractivity contribution < 1.29 is 4.74 Å². The third-order valence-electron chi connectivity index (χ3n) is 4.50. The number of aromatic nitrogens is 4. The normalized spacial score (nSPS) is 12.3. The average Bonchev–Trinajstić information content (AvgIpc) is 2.69. The Kier molecular flexibility index (Phi) is 5.36. The van der Waals surface area contributed by atoms with Crippen LogP contribution < -0.4 is 16.0 Å². The molecule has 2 aromatic heterocycles. The molecule has 27 heavy (non-hydrogen) atoms. The van der Waals surface area contributed by atoms with Gasteiger partial charge in [-0.3, -0.25) is 13.9 Å². The number of fused-ring (bicyclic) bond motifs is 1. The van der Waals surface area contributed by atoms with E-state index >= 15 is 0 Å². The second-order valence-corrected chi connectivity index (χ2v) is 7.72. The van der Waals surface area contributed by atoms with E-state index in [2.05, 4.69) is 23.8 Å². The summed E-state index contributed by atoms with van der Waals surface area (Å²) in [6.45, 7) is 4.16. The molecule has 0 unspecified atom stereocenters. The van der Waals surface area contributed by atoms with Gasteiger partial charge in [0.25, 0.3) is 5.56 Å². The minimum Gasteiger partial charge on any atom is -0.496 e. The monoisotopic (exact) mass is 386 g/mol. The molecule has 0 amide bonds. The van der Waals surface area contributed by atoms with E-state index in [-0.39, 0.29) is 10.8 Å². The van der Waals surface area contributed by atoms with Crippen molar-refractivity contribution in [3.05, 3.63) is 45.1 Å². The quantitative estimate of drug-likeness (QED) is 0.495. The Balaban J connectivity index is 2.42. The van der Waals surface area contributed by atoms with Crippen molar-refractivity contribution in [1.82, 2.24) is 19.1 Å². The molecule has 0 fully saturated rings. The van der Waals surface area contributed by atoms with Crippen molar-refractivity contribution in [2.75, 3.05) is 7.11 Å². The lowest BCUT2D eigenvalue weighted by Gasteiger charge is -2.15. The van der Waals surface area contributed by atoms with E-state index in [0.717, 1.165) is 11.0 Å². The van der Waals surface area contributed by atoms with Crippen LogP contribution in [0.4, 0.5) is 0 Å². The maximum absolute atomic E-state index is 12.8. The number of hydrogen-bond acceptors (Lipinski definition) is 6. The number of hydrogen-bond donors (Lipinski definition) is 0. The lowest BCUT2D eigenvalue weighted by Crippen LogP contribution is -2.37. The SMILES string of the molecule is CC[C@H](C)Sc1nc(-c2ccccc2OC)nc2c1c(=O)n(C)c(=O)n2C. The first-order valence-corrected chi connectivity index (χ1v) is 9.54. The lowest BCUT2D eigenvalue weighted by atomic mass is 10.2. The summed E-state index contributed by atoms with van der Waals surface area (Å²) in [5.41, 5.74) is 0.230. The van der Waals surface area contributed by atoms with E-state index in [1.54, 1.807) is 14.2 Å². The zero-order valence-corrected chi connectivity index (χ0v) is 16.8. The molecule has 2 heterocycles. The first kappa shape index (κ1) is 19.2. The molecular formula is C19H22N4O3S. The Morgan fingerprint density at radius 1 is 1.15 bits per heavy atom. The summed E-state index contributed by atoms with van der Waals surface area (Å²) < 4.78 is 7.91. The Bertz CT molecular complexity index is 1120. The molecule has 7 nitrogen and oxygen atoms in total. The molecule has 3 aromatic rings. The van der Waals surface area contributed by atoms with Crippen LogP contribution in [0.3, 0.4) is 0 Å². The highest BCUT2D eigenvalue weighted by atomic mass is 32.2. The molecule has 0 aliphatic carbocycles.